The molecule has 98 valence electrons. The van der Waals surface area contributed by atoms with E-state index in [0.717, 1.165) is 18.2 Å². The van der Waals surface area contributed by atoms with Gasteiger partial charge in [-0.05, 0) is 23.8 Å². The lowest BCUT2D eigenvalue weighted by atomic mass is 10.0. The number of Topliss-reactive ketones (excluding diaryl/α,β-unsaturated/α-hetero) is 1. The first-order valence-corrected chi connectivity index (χ1v) is 5.92. The second-order valence-corrected chi connectivity index (χ2v) is 4.38. The van der Waals surface area contributed by atoms with Gasteiger partial charge in [0.2, 0.25) is 0 Å². The molecule has 1 aromatic carbocycles. The lowest BCUT2D eigenvalue weighted by Gasteiger charge is -2.23. The van der Waals surface area contributed by atoms with Gasteiger partial charge >= 0.3 is 0 Å². The molecular weight excluding hydrogens is 240 g/mol. The van der Waals surface area contributed by atoms with E-state index in [1.807, 2.05) is 0 Å². The fourth-order valence-electron chi connectivity index (χ4n) is 1.99. The quantitative estimate of drug-likeness (QED) is 0.885. The smallest absolute Gasteiger partial charge is 0.139 e. The van der Waals surface area contributed by atoms with Gasteiger partial charge in [-0.3, -0.25) is 4.79 Å². The molecule has 0 saturated carbocycles. The number of benzene rings is 1. The monoisotopic (exact) mass is 255 g/mol. The van der Waals surface area contributed by atoms with Crippen LogP contribution >= 0.6 is 0 Å². The summed E-state index contributed by atoms with van der Waals surface area (Å²) in [4.78, 5) is 11.8. The summed E-state index contributed by atoms with van der Waals surface area (Å²) in [5.41, 5.74) is 0.108. The van der Waals surface area contributed by atoms with E-state index >= 15 is 0 Å². The number of hydrogen-bond acceptors (Lipinski definition) is 3. The highest BCUT2D eigenvalue weighted by Gasteiger charge is 2.18. The third-order valence-corrected chi connectivity index (χ3v) is 2.87. The molecule has 1 aromatic rings. The highest BCUT2D eigenvalue weighted by molar-refractivity contribution is 5.81. The summed E-state index contributed by atoms with van der Waals surface area (Å²) in [5.74, 6) is -1.20. The van der Waals surface area contributed by atoms with Gasteiger partial charge in [0, 0.05) is 25.4 Å². The number of carbonyl (C=O) groups is 1. The van der Waals surface area contributed by atoms with Crippen LogP contribution in [-0.4, -0.2) is 31.6 Å². The van der Waals surface area contributed by atoms with E-state index in [0.29, 0.717) is 19.8 Å². The number of carbonyl (C=O) groups excluding carboxylic acids is 1. The second kappa shape index (κ2) is 6.02. The first kappa shape index (κ1) is 13.1. The van der Waals surface area contributed by atoms with E-state index in [1.165, 1.54) is 0 Å². The van der Waals surface area contributed by atoms with Gasteiger partial charge < -0.3 is 10.1 Å². The van der Waals surface area contributed by atoms with E-state index < -0.39 is 11.6 Å². The van der Waals surface area contributed by atoms with Gasteiger partial charge in [0.15, 0.2) is 0 Å². The molecule has 2 rings (SSSR count). The van der Waals surface area contributed by atoms with Gasteiger partial charge in [0.1, 0.15) is 17.4 Å². The van der Waals surface area contributed by atoms with Crippen molar-refractivity contribution < 1.29 is 18.3 Å². The molecule has 3 nitrogen and oxygen atoms in total. The van der Waals surface area contributed by atoms with Crippen LogP contribution in [-0.2, 0) is 16.0 Å². The molecule has 0 radical (unpaired) electrons. The third kappa shape index (κ3) is 3.58. The fourth-order valence-corrected chi connectivity index (χ4v) is 1.99. The van der Waals surface area contributed by atoms with Crippen LogP contribution in [0.1, 0.15) is 12.0 Å². The minimum absolute atomic E-state index is 0.0251. The van der Waals surface area contributed by atoms with Crippen LogP contribution in [0, 0.1) is 11.6 Å². The Bertz CT molecular complexity index is 431. The number of hydrogen-bond donors (Lipinski definition) is 1. The van der Waals surface area contributed by atoms with E-state index in [1.54, 1.807) is 0 Å². The van der Waals surface area contributed by atoms with E-state index in [9.17, 15) is 13.6 Å². The predicted molar refractivity (Wildman–Crippen MR) is 62.3 cm³/mol. The maximum absolute atomic E-state index is 13.3. The molecule has 0 bridgehead atoms. The highest BCUT2D eigenvalue weighted by atomic mass is 19.1. The van der Waals surface area contributed by atoms with Crippen molar-refractivity contribution in [1.29, 1.82) is 0 Å². The predicted octanol–water partition coefficient (Wildman–Crippen LogP) is 1.45. The Morgan fingerprint density at radius 3 is 3.00 bits per heavy atom. The Balaban J connectivity index is 1.92. The van der Waals surface area contributed by atoms with Crippen molar-refractivity contribution in [3.05, 3.63) is 35.4 Å². The minimum Gasteiger partial charge on any atom is -0.379 e. The molecule has 1 unspecified atom stereocenters. The molecule has 1 fully saturated rings. The summed E-state index contributed by atoms with van der Waals surface area (Å²) in [6, 6.07) is 3.13. The molecule has 5 heteroatoms. The summed E-state index contributed by atoms with van der Waals surface area (Å²) in [7, 11) is 0. The van der Waals surface area contributed by atoms with Crippen molar-refractivity contribution in [2.45, 2.75) is 18.9 Å². The molecule has 1 saturated heterocycles. The summed E-state index contributed by atoms with van der Waals surface area (Å²) >= 11 is 0. The molecule has 0 aromatic heterocycles. The average Bonchev–Trinajstić information content (AvgIpc) is 2.35. The minimum atomic E-state index is -0.544. The first-order chi connectivity index (χ1) is 8.65. The van der Waals surface area contributed by atoms with Gasteiger partial charge in [-0.1, -0.05) is 0 Å². The molecule has 1 aliphatic rings. The van der Waals surface area contributed by atoms with Crippen molar-refractivity contribution in [3.8, 4) is 0 Å². The van der Waals surface area contributed by atoms with E-state index in [4.69, 9.17) is 4.74 Å². The Labute approximate surface area is 104 Å². The van der Waals surface area contributed by atoms with Crippen LogP contribution in [0.2, 0.25) is 0 Å². The normalized spacial score (nSPS) is 19.8. The molecule has 0 spiro atoms. The summed E-state index contributed by atoms with van der Waals surface area (Å²) in [5, 5.41) is 3.15. The Morgan fingerprint density at radius 2 is 2.28 bits per heavy atom. The van der Waals surface area contributed by atoms with Crippen LogP contribution in [0.5, 0.6) is 0 Å². The SMILES string of the molecule is O=C(Cc1cc(F)ccc1F)CC1COCCN1. The summed E-state index contributed by atoms with van der Waals surface area (Å²) in [6.45, 7) is 1.84. The number of rotatable bonds is 4. The number of morpholine rings is 1. The molecule has 1 heterocycles. The number of halogens is 2. The molecule has 0 amide bonds. The Kier molecular flexibility index (Phi) is 4.38. The van der Waals surface area contributed by atoms with Gasteiger partial charge in [-0.15, -0.1) is 0 Å². The van der Waals surface area contributed by atoms with E-state index in [-0.39, 0.29) is 30.2 Å². The number of ether oxygens (including phenoxy) is 1. The van der Waals surface area contributed by atoms with Crippen LogP contribution in [0.3, 0.4) is 0 Å². The largest absolute Gasteiger partial charge is 0.379 e. The first-order valence-electron chi connectivity index (χ1n) is 5.92. The third-order valence-electron chi connectivity index (χ3n) is 2.87. The van der Waals surface area contributed by atoms with Crippen molar-refractivity contribution in [2.24, 2.45) is 0 Å². The van der Waals surface area contributed by atoms with Crippen LogP contribution in [0.4, 0.5) is 8.78 Å². The molecule has 0 aliphatic carbocycles. The average molecular weight is 255 g/mol. The molecular formula is C13H15F2NO2. The summed E-state index contributed by atoms with van der Waals surface area (Å²) < 4.78 is 31.5. The van der Waals surface area contributed by atoms with Gasteiger partial charge in [0.25, 0.3) is 0 Å². The van der Waals surface area contributed by atoms with Gasteiger partial charge in [-0.2, -0.15) is 0 Å². The lowest BCUT2D eigenvalue weighted by Crippen LogP contribution is -2.42. The second-order valence-electron chi connectivity index (χ2n) is 4.38. The van der Waals surface area contributed by atoms with Crippen molar-refractivity contribution in [1.82, 2.24) is 5.32 Å². The number of nitrogens with one attached hydrogen (secondary N) is 1. The Hall–Kier alpha value is -1.33. The molecule has 1 aliphatic heterocycles. The van der Waals surface area contributed by atoms with Crippen LogP contribution in [0.15, 0.2) is 18.2 Å². The molecule has 1 N–H and O–H groups in total. The molecule has 18 heavy (non-hydrogen) atoms. The van der Waals surface area contributed by atoms with E-state index in [2.05, 4.69) is 5.32 Å². The lowest BCUT2D eigenvalue weighted by molar-refractivity contribution is -0.119. The topological polar surface area (TPSA) is 38.3 Å². The highest BCUT2D eigenvalue weighted by Crippen LogP contribution is 2.12. The Morgan fingerprint density at radius 1 is 1.44 bits per heavy atom. The zero-order valence-corrected chi connectivity index (χ0v) is 9.92. The fraction of sp³-hybridized carbons (Fsp3) is 0.462. The maximum Gasteiger partial charge on any atom is 0.139 e. The van der Waals surface area contributed by atoms with Crippen molar-refractivity contribution >= 4 is 5.78 Å². The summed E-state index contributed by atoms with van der Waals surface area (Å²) in [6.07, 6.45) is 0.192. The van der Waals surface area contributed by atoms with Crippen molar-refractivity contribution in [3.63, 3.8) is 0 Å². The zero-order chi connectivity index (χ0) is 13.0. The van der Waals surface area contributed by atoms with Crippen molar-refractivity contribution in [2.75, 3.05) is 19.8 Å². The van der Waals surface area contributed by atoms with Crippen LogP contribution < -0.4 is 5.32 Å². The van der Waals surface area contributed by atoms with Crippen LogP contribution in [0.25, 0.3) is 0 Å². The zero-order valence-electron chi connectivity index (χ0n) is 9.92. The standard InChI is InChI=1S/C13H15F2NO2/c14-10-1-2-13(15)9(5-10)6-12(17)7-11-8-18-4-3-16-11/h1-2,5,11,16H,3-4,6-8H2. The van der Waals surface area contributed by atoms with Gasteiger partial charge in [0.05, 0.1) is 13.2 Å². The number of ketones is 1. The molecule has 1 atom stereocenters. The maximum atomic E-state index is 13.3. The van der Waals surface area contributed by atoms with Gasteiger partial charge in [-0.25, -0.2) is 8.78 Å².